The van der Waals surface area contributed by atoms with Crippen molar-refractivity contribution >= 4 is 62.3 Å². The van der Waals surface area contributed by atoms with Crippen LogP contribution < -0.4 is 9.62 Å². The van der Waals surface area contributed by atoms with Crippen molar-refractivity contribution in [2.24, 2.45) is 0 Å². The van der Waals surface area contributed by atoms with Gasteiger partial charge in [0.15, 0.2) is 0 Å². The molecule has 0 bridgehead atoms. The van der Waals surface area contributed by atoms with E-state index >= 15 is 0 Å². The summed E-state index contributed by atoms with van der Waals surface area (Å²) in [6.45, 7) is 4.90. The molecule has 0 fully saturated rings. The normalized spacial score (nSPS) is 12.1. The number of hydrogen-bond donors (Lipinski definition) is 1. The number of nitrogens with zero attached hydrogens (tertiary/aromatic N) is 2. The fourth-order valence-electron chi connectivity index (χ4n) is 3.87. The number of rotatable bonds is 10. The molecule has 0 aliphatic heterocycles. The lowest BCUT2D eigenvalue weighted by atomic mass is 10.1. The second-order valence-electron chi connectivity index (χ2n) is 8.60. The Morgan fingerprint density at radius 3 is 2.24 bits per heavy atom. The van der Waals surface area contributed by atoms with Gasteiger partial charge >= 0.3 is 0 Å². The quantitative estimate of drug-likeness (QED) is 0.325. The predicted molar refractivity (Wildman–Crippen MR) is 152 cm³/mol. The molecule has 7 nitrogen and oxygen atoms in total. The smallest absolute Gasteiger partial charge is 0.264 e. The minimum absolute atomic E-state index is 0.00679. The first kappa shape index (κ1) is 29.8. The van der Waals surface area contributed by atoms with Crippen molar-refractivity contribution in [3.8, 4) is 0 Å². The van der Waals surface area contributed by atoms with Gasteiger partial charge in [0, 0.05) is 18.1 Å². The molecule has 0 radical (unpaired) electrons. The van der Waals surface area contributed by atoms with Crippen LogP contribution in [0, 0.1) is 6.92 Å². The van der Waals surface area contributed by atoms with Crippen LogP contribution in [-0.4, -0.2) is 44.3 Å². The van der Waals surface area contributed by atoms with Crippen LogP contribution in [0.1, 0.15) is 25.0 Å². The maximum absolute atomic E-state index is 13.8. The standard InChI is InChI=1S/C27H28Cl3N3O4S/c1-4-31-27(35)19(3)32(16-20-10-12-23(29)24(30)15-20)26(34)17-33(25-13-11-21(28)14-18(25)2)38(36,37)22-8-6-5-7-9-22/h5-15,19H,4,16-17H2,1-3H3,(H,31,35)/t19-/m1/s1. The summed E-state index contributed by atoms with van der Waals surface area (Å²) in [5.41, 5.74) is 1.49. The van der Waals surface area contributed by atoms with Gasteiger partial charge in [-0.2, -0.15) is 0 Å². The molecule has 202 valence electrons. The molecule has 0 aliphatic rings. The molecule has 0 spiro atoms. The third kappa shape index (κ3) is 6.99. The van der Waals surface area contributed by atoms with Gasteiger partial charge in [0.1, 0.15) is 12.6 Å². The number of likely N-dealkylation sites (N-methyl/N-ethyl adjacent to an activating group) is 1. The van der Waals surface area contributed by atoms with Gasteiger partial charge in [-0.15, -0.1) is 0 Å². The Morgan fingerprint density at radius 1 is 0.947 bits per heavy atom. The zero-order valence-corrected chi connectivity index (χ0v) is 24.2. The lowest BCUT2D eigenvalue weighted by Crippen LogP contribution is -2.51. The van der Waals surface area contributed by atoms with E-state index < -0.39 is 28.5 Å². The summed E-state index contributed by atoms with van der Waals surface area (Å²) in [6.07, 6.45) is 0. The van der Waals surface area contributed by atoms with E-state index in [4.69, 9.17) is 34.8 Å². The molecule has 1 atom stereocenters. The van der Waals surface area contributed by atoms with Gasteiger partial charge in [-0.3, -0.25) is 13.9 Å². The third-order valence-corrected chi connectivity index (χ3v) is 8.64. The Labute approximate surface area is 238 Å². The largest absolute Gasteiger partial charge is 0.355 e. The monoisotopic (exact) mass is 595 g/mol. The van der Waals surface area contributed by atoms with E-state index in [1.54, 1.807) is 75.4 Å². The first-order valence-electron chi connectivity index (χ1n) is 11.8. The number of nitrogens with one attached hydrogen (secondary N) is 1. The molecule has 2 amide bonds. The van der Waals surface area contributed by atoms with Gasteiger partial charge in [-0.05, 0) is 74.4 Å². The van der Waals surface area contributed by atoms with Crippen LogP contribution in [0.4, 0.5) is 5.69 Å². The first-order chi connectivity index (χ1) is 17.9. The van der Waals surface area contributed by atoms with Crippen molar-refractivity contribution in [1.82, 2.24) is 10.2 Å². The van der Waals surface area contributed by atoms with Crippen molar-refractivity contribution in [1.29, 1.82) is 0 Å². The summed E-state index contributed by atoms with van der Waals surface area (Å²) in [7, 11) is -4.16. The highest BCUT2D eigenvalue weighted by Gasteiger charge is 2.33. The van der Waals surface area contributed by atoms with E-state index in [1.807, 2.05) is 0 Å². The lowest BCUT2D eigenvalue weighted by molar-refractivity contribution is -0.139. The van der Waals surface area contributed by atoms with Crippen LogP contribution in [0.3, 0.4) is 0 Å². The first-order valence-corrected chi connectivity index (χ1v) is 14.4. The average Bonchev–Trinajstić information content (AvgIpc) is 2.88. The maximum atomic E-state index is 13.8. The van der Waals surface area contributed by atoms with Crippen molar-refractivity contribution < 1.29 is 18.0 Å². The molecular weight excluding hydrogens is 569 g/mol. The number of carbonyl (C=O) groups excluding carboxylic acids is 2. The number of hydrogen-bond acceptors (Lipinski definition) is 4. The van der Waals surface area contributed by atoms with E-state index in [-0.39, 0.29) is 17.3 Å². The molecule has 3 rings (SSSR count). The maximum Gasteiger partial charge on any atom is 0.264 e. The predicted octanol–water partition coefficient (Wildman–Crippen LogP) is 5.70. The van der Waals surface area contributed by atoms with E-state index in [1.165, 1.54) is 17.0 Å². The fraction of sp³-hybridized carbons (Fsp3) is 0.259. The van der Waals surface area contributed by atoms with Crippen LogP contribution >= 0.6 is 34.8 Å². The summed E-state index contributed by atoms with van der Waals surface area (Å²) in [6, 6.07) is 16.6. The minimum Gasteiger partial charge on any atom is -0.355 e. The van der Waals surface area contributed by atoms with Gasteiger partial charge < -0.3 is 10.2 Å². The molecule has 0 saturated heterocycles. The Morgan fingerprint density at radius 2 is 1.63 bits per heavy atom. The average molecular weight is 597 g/mol. The molecule has 0 heterocycles. The molecule has 0 unspecified atom stereocenters. The van der Waals surface area contributed by atoms with Gasteiger partial charge in [0.25, 0.3) is 10.0 Å². The van der Waals surface area contributed by atoms with Crippen LogP contribution in [0.25, 0.3) is 0 Å². The van der Waals surface area contributed by atoms with Crippen LogP contribution in [0.5, 0.6) is 0 Å². The number of aryl methyl sites for hydroxylation is 1. The molecule has 0 aliphatic carbocycles. The number of halogens is 3. The topological polar surface area (TPSA) is 86.8 Å². The fourth-order valence-corrected chi connectivity index (χ4v) is 5.92. The number of sulfonamides is 1. The molecule has 0 saturated carbocycles. The van der Waals surface area contributed by atoms with Gasteiger partial charge in [0.2, 0.25) is 11.8 Å². The summed E-state index contributed by atoms with van der Waals surface area (Å²) in [5.74, 6) is -0.954. The van der Waals surface area contributed by atoms with Gasteiger partial charge in [0.05, 0.1) is 20.6 Å². The third-order valence-electron chi connectivity index (χ3n) is 5.89. The summed E-state index contributed by atoms with van der Waals surface area (Å²) in [5, 5.41) is 3.80. The highest BCUT2D eigenvalue weighted by atomic mass is 35.5. The van der Waals surface area contributed by atoms with Crippen LogP contribution in [0.2, 0.25) is 15.1 Å². The molecule has 3 aromatic carbocycles. The number of anilines is 1. The highest BCUT2D eigenvalue weighted by molar-refractivity contribution is 7.92. The van der Waals surface area contributed by atoms with Crippen LogP contribution in [0.15, 0.2) is 71.6 Å². The summed E-state index contributed by atoms with van der Waals surface area (Å²) < 4.78 is 28.6. The summed E-state index contributed by atoms with van der Waals surface area (Å²) >= 11 is 18.3. The summed E-state index contributed by atoms with van der Waals surface area (Å²) in [4.78, 5) is 28.0. The van der Waals surface area contributed by atoms with E-state index in [9.17, 15) is 18.0 Å². The second-order valence-corrected chi connectivity index (χ2v) is 11.7. The zero-order chi connectivity index (χ0) is 28.0. The Balaban J connectivity index is 2.06. The molecule has 1 N–H and O–H groups in total. The van der Waals surface area contributed by atoms with Crippen molar-refractivity contribution in [3.05, 3.63) is 92.9 Å². The number of carbonyl (C=O) groups is 2. The number of benzene rings is 3. The molecule has 0 aromatic heterocycles. The molecular formula is C27H28Cl3N3O4S. The Hall–Kier alpha value is -2.78. The SMILES string of the molecule is CCNC(=O)[C@@H](C)N(Cc1ccc(Cl)c(Cl)c1)C(=O)CN(c1ccc(Cl)cc1C)S(=O)(=O)c1ccccc1. The highest BCUT2D eigenvalue weighted by Crippen LogP contribution is 2.30. The van der Waals surface area contributed by atoms with Gasteiger partial charge in [-0.25, -0.2) is 8.42 Å². The molecule has 3 aromatic rings. The second kappa shape index (κ2) is 12.8. The van der Waals surface area contributed by atoms with Crippen LogP contribution in [-0.2, 0) is 26.2 Å². The molecule has 38 heavy (non-hydrogen) atoms. The molecule has 11 heteroatoms. The van der Waals surface area contributed by atoms with Gasteiger partial charge in [-0.1, -0.05) is 59.1 Å². The Kier molecular flexibility index (Phi) is 10.1. The minimum atomic E-state index is -4.16. The zero-order valence-electron chi connectivity index (χ0n) is 21.1. The van der Waals surface area contributed by atoms with E-state index in [0.29, 0.717) is 38.4 Å². The van der Waals surface area contributed by atoms with E-state index in [2.05, 4.69) is 5.32 Å². The van der Waals surface area contributed by atoms with Crippen molar-refractivity contribution in [2.45, 2.75) is 38.3 Å². The lowest BCUT2D eigenvalue weighted by Gasteiger charge is -2.32. The van der Waals surface area contributed by atoms with E-state index in [0.717, 1.165) is 4.31 Å². The Bertz CT molecular complexity index is 1420. The van der Waals surface area contributed by atoms with Crippen molar-refractivity contribution in [3.63, 3.8) is 0 Å². The number of amides is 2. The van der Waals surface area contributed by atoms with Crippen molar-refractivity contribution in [2.75, 3.05) is 17.4 Å².